The van der Waals surface area contributed by atoms with Gasteiger partial charge in [0.05, 0.1) is 19.8 Å². The number of methoxy groups -OCH3 is 2. The fourth-order valence-electron chi connectivity index (χ4n) is 2.81. The number of alkyl halides is 3. The summed E-state index contributed by atoms with van der Waals surface area (Å²) in [6, 6.07) is 16.5. The van der Waals surface area contributed by atoms with Gasteiger partial charge in [-0.25, -0.2) is 0 Å². The van der Waals surface area contributed by atoms with E-state index in [1.54, 1.807) is 31.4 Å². The van der Waals surface area contributed by atoms with Gasteiger partial charge in [-0.1, -0.05) is 12.1 Å². The summed E-state index contributed by atoms with van der Waals surface area (Å²) < 4.78 is 48.6. The Morgan fingerprint density at radius 3 is 2.24 bits per heavy atom. The van der Waals surface area contributed by atoms with Crippen LogP contribution < -0.4 is 14.8 Å². The number of hydrogen-bond acceptors (Lipinski definition) is 3. The number of carbonyl (C=O) groups excluding carboxylic acids is 1. The lowest BCUT2D eigenvalue weighted by atomic mass is 10.0. The molecule has 7 heteroatoms. The molecule has 3 rings (SSSR count). The topological polar surface area (TPSA) is 47.6 Å². The zero-order valence-electron chi connectivity index (χ0n) is 15.7. The zero-order valence-corrected chi connectivity index (χ0v) is 15.7. The van der Waals surface area contributed by atoms with Gasteiger partial charge in [-0.3, -0.25) is 4.79 Å². The molecule has 0 heterocycles. The van der Waals surface area contributed by atoms with Crippen LogP contribution in [0, 0.1) is 0 Å². The summed E-state index contributed by atoms with van der Waals surface area (Å²) in [5, 5.41) is 2.60. The number of ether oxygens (including phenoxy) is 2. The van der Waals surface area contributed by atoms with Crippen molar-refractivity contribution >= 4 is 11.6 Å². The lowest BCUT2D eigenvalue weighted by Gasteiger charge is -2.13. The van der Waals surface area contributed by atoms with E-state index in [1.165, 1.54) is 19.2 Å². The van der Waals surface area contributed by atoms with Crippen molar-refractivity contribution in [1.82, 2.24) is 0 Å². The van der Waals surface area contributed by atoms with E-state index in [0.717, 1.165) is 17.7 Å². The number of rotatable bonds is 5. The van der Waals surface area contributed by atoms with Crippen LogP contribution in [0.1, 0.15) is 15.9 Å². The van der Waals surface area contributed by atoms with Gasteiger partial charge in [-0.15, -0.1) is 0 Å². The highest BCUT2D eigenvalue weighted by Gasteiger charge is 2.30. The Morgan fingerprint density at radius 1 is 0.897 bits per heavy atom. The molecule has 0 atom stereocenters. The molecule has 0 radical (unpaired) electrons. The van der Waals surface area contributed by atoms with E-state index >= 15 is 0 Å². The van der Waals surface area contributed by atoms with Crippen molar-refractivity contribution in [2.75, 3.05) is 19.5 Å². The number of carbonyl (C=O) groups is 1. The quantitative estimate of drug-likeness (QED) is 0.602. The first-order valence-electron chi connectivity index (χ1n) is 8.63. The van der Waals surface area contributed by atoms with E-state index in [2.05, 4.69) is 5.32 Å². The molecule has 0 unspecified atom stereocenters. The monoisotopic (exact) mass is 401 g/mol. The van der Waals surface area contributed by atoms with Crippen molar-refractivity contribution in [3.8, 4) is 22.6 Å². The number of halogens is 3. The Bertz CT molecular complexity index is 1010. The third kappa shape index (κ3) is 4.68. The summed E-state index contributed by atoms with van der Waals surface area (Å²) >= 11 is 0. The Morgan fingerprint density at radius 2 is 1.62 bits per heavy atom. The number of anilines is 1. The van der Waals surface area contributed by atoms with Crippen LogP contribution in [0.25, 0.3) is 11.1 Å². The van der Waals surface area contributed by atoms with Crippen LogP contribution in [0.15, 0.2) is 66.7 Å². The van der Waals surface area contributed by atoms with E-state index in [4.69, 9.17) is 9.47 Å². The van der Waals surface area contributed by atoms with E-state index in [0.29, 0.717) is 22.6 Å². The molecule has 0 saturated carbocycles. The third-order valence-electron chi connectivity index (χ3n) is 4.31. The van der Waals surface area contributed by atoms with Crippen molar-refractivity contribution in [3.63, 3.8) is 0 Å². The predicted octanol–water partition coefficient (Wildman–Crippen LogP) is 5.64. The standard InChI is InChI=1S/C22H18F3NO3/c1-28-18-5-3-4-14(12-18)19-13-15(6-11-20(19)29-2)21(27)26-17-9-7-16(8-10-17)22(23,24)25/h3-13H,1-2H3,(H,26,27). The first kappa shape index (κ1) is 20.3. The van der Waals surface area contributed by atoms with Crippen molar-refractivity contribution in [3.05, 3.63) is 77.9 Å². The fraction of sp³-hybridized carbons (Fsp3) is 0.136. The van der Waals surface area contributed by atoms with Gasteiger partial charge < -0.3 is 14.8 Å². The minimum Gasteiger partial charge on any atom is -0.497 e. The minimum absolute atomic E-state index is 0.266. The lowest BCUT2D eigenvalue weighted by Crippen LogP contribution is -2.12. The summed E-state index contributed by atoms with van der Waals surface area (Å²) in [6.07, 6.45) is -4.43. The SMILES string of the molecule is COc1cccc(-c2cc(C(=O)Nc3ccc(C(F)(F)F)cc3)ccc2OC)c1. The molecule has 0 bridgehead atoms. The molecule has 0 aliphatic rings. The molecular weight excluding hydrogens is 383 g/mol. The van der Waals surface area contributed by atoms with Crippen LogP contribution >= 0.6 is 0 Å². The molecule has 0 aliphatic heterocycles. The summed E-state index contributed by atoms with van der Waals surface area (Å²) in [4.78, 5) is 12.6. The number of nitrogens with one attached hydrogen (secondary N) is 1. The maximum absolute atomic E-state index is 12.7. The second-order valence-corrected chi connectivity index (χ2v) is 6.18. The van der Waals surface area contributed by atoms with E-state index in [9.17, 15) is 18.0 Å². The molecule has 0 aliphatic carbocycles. The van der Waals surface area contributed by atoms with Crippen LogP contribution in [-0.4, -0.2) is 20.1 Å². The highest BCUT2D eigenvalue weighted by Crippen LogP contribution is 2.33. The zero-order chi connectivity index (χ0) is 21.0. The molecule has 1 N–H and O–H groups in total. The normalized spacial score (nSPS) is 11.1. The van der Waals surface area contributed by atoms with Gasteiger partial charge in [0.2, 0.25) is 0 Å². The Labute approximate surface area is 165 Å². The van der Waals surface area contributed by atoms with Crippen LogP contribution in [0.5, 0.6) is 11.5 Å². The Hall–Kier alpha value is -3.48. The second kappa shape index (κ2) is 8.26. The Kier molecular flexibility index (Phi) is 5.77. The number of amides is 1. The fourth-order valence-corrected chi connectivity index (χ4v) is 2.81. The van der Waals surface area contributed by atoms with E-state index in [1.807, 2.05) is 18.2 Å². The molecule has 3 aromatic rings. The second-order valence-electron chi connectivity index (χ2n) is 6.18. The van der Waals surface area contributed by atoms with Crippen LogP contribution in [-0.2, 0) is 6.18 Å². The highest BCUT2D eigenvalue weighted by atomic mass is 19.4. The molecular formula is C22H18F3NO3. The predicted molar refractivity (Wildman–Crippen MR) is 104 cm³/mol. The van der Waals surface area contributed by atoms with Crippen molar-refractivity contribution in [2.24, 2.45) is 0 Å². The minimum atomic E-state index is -4.43. The smallest absolute Gasteiger partial charge is 0.416 e. The molecule has 3 aromatic carbocycles. The van der Waals surface area contributed by atoms with Gasteiger partial charge >= 0.3 is 6.18 Å². The van der Waals surface area contributed by atoms with Crippen LogP contribution in [0.4, 0.5) is 18.9 Å². The average Bonchev–Trinajstić information content (AvgIpc) is 2.73. The van der Waals surface area contributed by atoms with Gasteiger partial charge in [-0.05, 0) is 60.2 Å². The molecule has 150 valence electrons. The van der Waals surface area contributed by atoms with Gasteiger partial charge in [0.15, 0.2) is 0 Å². The van der Waals surface area contributed by atoms with Crippen LogP contribution in [0.3, 0.4) is 0 Å². The molecule has 0 spiro atoms. The van der Waals surface area contributed by atoms with Gasteiger partial charge in [0.25, 0.3) is 5.91 Å². The maximum Gasteiger partial charge on any atom is 0.416 e. The summed E-state index contributed by atoms with van der Waals surface area (Å²) in [6.45, 7) is 0. The summed E-state index contributed by atoms with van der Waals surface area (Å²) in [7, 11) is 3.09. The first-order chi connectivity index (χ1) is 13.8. The third-order valence-corrected chi connectivity index (χ3v) is 4.31. The Balaban J connectivity index is 1.88. The van der Waals surface area contributed by atoms with Crippen molar-refractivity contribution in [1.29, 1.82) is 0 Å². The molecule has 4 nitrogen and oxygen atoms in total. The van der Waals surface area contributed by atoms with Gasteiger partial charge in [0.1, 0.15) is 11.5 Å². The number of hydrogen-bond donors (Lipinski definition) is 1. The average molecular weight is 401 g/mol. The summed E-state index contributed by atoms with van der Waals surface area (Å²) in [5.41, 5.74) is 1.31. The summed E-state index contributed by atoms with van der Waals surface area (Å²) in [5.74, 6) is 0.782. The maximum atomic E-state index is 12.7. The van der Waals surface area contributed by atoms with Gasteiger partial charge in [0, 0.05) is 16.8 Å². The lowest BCUT2D eigenvalue weighted by molar-refractivity contribution is -0.137. The molecule has 1 amide bonds. The first-order valence-corrected chi connectivity index (χ1v) is 8.63. The number of benzene rings is 3. The van der Waals surface area contributed by atoms with E-state index in [-0.39, 0.29) is 5.69 Å². The van der Waals surface area contributed by atoms with Crippen LogP contribution in [0.2, 0.25) is 0 Å². The van der Waals surface area contributed by atoms with E-state index < -0.39 is 17.6 Å². The highest BCUT2D eigenvalue weighted by molar-refractivity contribution is 6.05. The van der Waals surface area contributed by atoms with Crippen molar-refractivity contribution < 1.29 is 27.4 Å². The molecule has 0 saturated heterocycles. The van der Waals surface area contributed by atoms with Gasteiger partial charge in [-0.2, -0.15) is 13.2 Å². The molecule has 29 heavy (non-hydrogen) atoms. The largest absolute Gasteiger partial charge is 0.497 e. The molecule has 0 aromatic heterocycles. The van der Waals surface area contributed by atoms with Crippen molar-refractivity contribution in [2.45, 2.75) is 6.18 Å². The molecule has 0 fully saturated rings.